The molecular formula is C36H54O15. The van der Waals surface area contributed by atoms with E-state index in [0.717, 1.165) is 12.0 Å². The Kier molecular flexibility index (Phi) is 10.1. The van der Waals surface area contributed by atoms with Crippen molar-refractivity contribution in [2.45, 2.75) is 156 Å². The van der Waals surface area contributed by atoms with Crippen LogP contribution in [0.4, 0.5) is 0 Å². The summed E-state index contributed by atoms with van der Waals surface area (Å²) in [6.07, 6.45) is -8.91. The van der Waals surface area contributed by atoms with Gasteiger partial charge in [-0.15, -0.1) is 0 Å². The number of aliphatic hydroxyl groups is 9. The highest BCUT2D eigenvalue weighted by atomic mass is 16.7. The summed E-state index contributed by atoms with van der Waals surface area (Å²) in [6, 6.07) is 3.20. The average molecular weight is 727 g/mol. The van der Waals surface area contributed by atoms with Crippen LogP contribution < -0.4 is 5.63 Å². The van der Waals surface area contributed by atoms with Crippen molar-refractivity contribution in [1.82, 2.24) is 0 Å². The van der Waals surface area contributed by atoms with Gasteiger partial charge in [-0.3, -0.25) is 0 Å². The van der Waals surface area contributed by atoms with E-state index in [1.807, 2.05) is 0 Å². The summed E-state index contributed by atoms with van der Waals surface area (Å²) in [5.41, 5.74) is -3.24. The fraction of sp³-hybridized carbons (Fsp3) is 0.861. The normalized spacial score (nSPS) is 52.8. The zero-order valence-corrected chi connectivity index (χ0v) is 29.1. The zero-order chi connectivity index (χ0) is 36.7. The second kappa shape index (κ2) is 13.6. The van der Waals surface area contributed by atoms with Gasteiger partial charge in [0.05, 0.1) is 42.9 Å². The molecule has 3 heterocycles. The van der Waals surface area contributed by atoms with Crippen molar-refractivity contribution in [2.75, 3.05) is 13.2 Å². The summed E-state index contributed by atoms with van der Waals surface area (Å²) in [7, 11) is 0. The van der Waals surface area contributed by atoms with Gasteiger partial charge < -0.3 is 69.3 Å². The van der Waals surface area contributed by atoms with E-state index in [-0.39, 0.29) is 30.8 Å². The highest BCUT2D eigenvalue weighted by molar-refractivity contribution is 5.28. The lowest BCUT2D eigenvalue weighted by atomic mass is 9.41. The lowest BCUT2D eigenvalue weighted by Crippen LogP contribution is -2.69. The van der Waals surface area contributed by atoms with Crippen molar-refractivity contribution in [3.05, 3.63) is 34.4 Å². The topological polar surface area (TPSA) is 249 Å². The van der Waals surface area contributed by atoms with Gasteiger partial charge in [0, 0.05) is 23.3 Å². The molecule has 0 bridgehead atoms. The van der Waals surface area contributed by atoms with Crippen LogP contribution in [0.3, 0.4) is 0 Å². The Morgan fingerprint density at radius 3 is 2.20 bits per heavy atom. The van der Waals surface area contributed by atoms with Gasteiger partial charge in [-0.05, 0) is 87.7 Å². The standard InChI is InChI=1S/C36H54O15/c1-17-30(51-32-28(43)26(41)25(40)23(14-37)50-32)27(42)29(44)31(48-17)49-19-5-10-34(16-38)21-6-9-33(2)20(18-3-4-24(39)47-15-18)8-12-36(33,46)22(21)7-11-35(34,45)13-19/h3-4,15,17,19-23,25-32,37-38,40-46H,5-14,16H2,1-2H3/t17-,19-,20+,21-,22+,23+,25+,26-,27-,28+,29+,30-,31-,32-,33+,34-,35-,36-/m0/s1. The molecule has 9 N–H and O–H groups in total. The third-order valence-electron chi connectivity index (χ3n) is 14.3. The Morgan fingerprint density at radius 1 is 0.804 bits per heavy atom. The number of aliphatic hydroxyl groups excluding tert-OH is 7. The maximum absolute atomic E-state index is 12.6. The minimum atomic E-state index is -1.71. The van der Waals surface area contributed by atoms with Crippen LogP contribution in [0.15, 0.2) is 27.6 Å². The van der Waals surface area contributed by atoms with Gasteiger partial charge >= 0.3 is 5.63 Å². The van der Waals surface area contributed by atoms with Gasteiger partial charge in [0.25, 0.3) is 0 Å². The molecule has 0 amide bonds. The third-order valence-corrected chi connectivity index (χ3v) is 14.3. The Bertz CT molecular complexity index is 1440. The molecule has 288 valence electrons. The summed E-state index contributed by atoms with van der Waals surface area (Å²) >= 11 is 0. The molecule has 15 nitrogen and oxygen atoms in total. The Labute approximate surface area is 295 Å². The van der Waals surface area contributed by atoms with E-state index in [9.17, 15) is 50.8 Å². The van der Waals surface area contributed by atoms with Gasteiger partial charge in [-0.2, -0.15) is 0 Å². The summed E-state index contributed by atoms with van der Waals surface area (Å²) in [5, 5.41) is 98.3. The second-order valence-electron chi connectivity index (χ2n) is 16.4. The largest absolute Gasteiger partial charge is 0.431 e. The van der Waals surface area contributed by atoms with Crippen molar-refractivity contribution >= 4 is 0 Å². The molecule has 7 rings (SSSR count). The summed E-state index contributed by atoms with van der Waals surface area (Å²) in [4.78, 5) is 11.6. The minimum Gasteiger partial charge on any atom is -0.431 e. The third kappa shape index (κ3) is 5.78. The van der Waals surface area contributed by atoms with Crippen LogP contribution in [0.25, 0.3) is 0 Å². The Hall–Kier alpha value is -1.57. The molecule has 6 fully saturated rings. The van der Waals surface area contributed by atoms with Crippen LogP contribution in [0.1, 0.15) is 83.1 Å². The van der Waals surface area contributed by atoms with Gasteiger partial charge in [-0.25, -0.2) is 4.79 Å². The first-order valence-corrected chi connectivity index (χ1v) is 18.4. The lowest BCUT2D eigenvalue weighted by molar-refractivity contribution is -0.362. The zero-order valence-electron chi connectivity index (χ0n) is 29.1. The van der Waals surface area contributed by atoms with E-state index in [0.29, 0.717) is 44.9 Å². The quantitative estimate of drug-likeness (QED) is 0.153. The van der Waals surface area contributed by atoms with E-state index in [2.05, 4.69) is 6.92 Å². The smallest absolute Gasteiger partial charge is 0.335 e. The first kappa shape index (κ1) is 37.7. The molecule has 51 heavy (non-hydrogen) atoms. The molecule has 0 aromatic carbocycles. The van der Waals surface area contributed by atoms with Crippen molar-refractivity contribution in [1.29, 1.82) is 0 Å². The molecule has 1 aromatic rings. The number of ether oxygens (including phenoxy) is 4. The molecule has 15 heteroatoms. The maximum Gasteiger partial charge on any atom is 0.335 e. The molecule has 6 aliphatic rings. The predicted molar refractivity (Wildman–Crippen MR) is 174 cm³/mol. The summed E-state index contributed by atoms with van der Waals surface area (Å²) in [6.45, 7) is 2.77. The van der Waals surface area contributed by atoms with Crippen molar-refractivity contribution in [2.24, 2.45) is 22.7 Å². The summed E-state index contributed by atoms with van der Waals surface area (Å²) in [5.74, 6) is -0.293. The molecule has 2 aliphatic heterocycles. The van der Waals surface area contributed by atoms with E-state index >= 15 is 0 Å². The fourth-order valence-electron chi connectivity index (χ4n) is 11.4. The average Bonchev–Trinajstić information content (AvgIpc) is 3.39. The minimum absolute atomic E-state index is 0.00434. The first-order valence-electron chi connectivity index (χ1n) is 18.4. The van der Waals surface area contributed by atoms with Crippen LogP contribution >= 0.6 is 0 Å². The highest BCUT2D eigenvalue weighted by Gasteiger charge is 2.71. The highest BCUT2D eigenvalue weighted by Crippen LogP contribution is 2.71. The van der Waals surface area contributed by atoms with Crippen LogP contribution in [0, 0.1) is 22.7 Å². The van der Waals surface area contributed by atoms with Gasteiger partial charge in [0.2, 0.25) is 0 Å². The number of hydrogen-bond acceptors (Lipinski definition) is 15. The van der Waals surface area contributed by atoms with Crippen LogP contribution in [-0.2, 0) is 18.9 Å². The van der Waals surface area contributed by atoms with Crippen LogP contribution in [0.5, 0.6) is 0 Å². The van der Waals surface area contributed by atoms with Gasteiger partial charge in [-0.1, -0.05) is 6.92 Å². The van der Waals surface area contributed by atoms with Crippen LogP contribution in [0.2, 0.25) is 0 Å². The lowest BCUT2D eigenvalue weighted by Gasteiger charge is -2.66. The Balaban J connectivity index is 1.02. The van der Waals surface area contributed by atoms with Crippen molar-refractivity contribution in [3.8, 4) is 0 Å². The molecular weight excluding hydrogens is 672 g/mol. The van der Waals surface area contributed by atoms with Crippen LogP contribution in [-0.4, -0.2) is 138 Å². The number of rotatable bonds is 7. The van der Waals surface area contributed by atoms with Crippen molar-refractivity contribution < 1.29 is 69.3 Å². The Morgan fingerprint density at radius 2 is 1.51 bits per heavy atom. The van der Waals surface area contributed by atoms with E-state index in [4.69, 9.17) is 23.4 Å². The number of fused-ring (bicyclic) bond motifs is 5. The monoisotopic (exact) mass is 726 g/mol. The van der Waals surface area contributed by atoms with Gasteiger partial charge in [0.1, 0.15) is 42.7 Å². The van der Waals surface area contributed by atoms with Crippen molar-refractivity contribution in [3.63, 3.8) is 0 Å². The molecule has 1 aromatic heterocycles. The fourth-order valence-corrected chi connectivity index (χ4v) is 11.4. The molecule has 2 saturated heterocycles. The molecule has 0 radical (unpaired) electrons. The molecule has 4 aliphatic carbocycles. The predicted octanol–water partition coefficient (Wildman–Crippen LogP) is -0.995. The first-order chi connectivity index (χ1) is 24.1. The molecule has 0 spiro atoms. The number of hydrogen-bond donors (Lipinski definition) is 9. The second-order valence-corrected chi connectivity index (χ2v) is 16.4. The molecule has 18 atom stereocenters. The van der Waals surface area contributed by atoms with Gasteiger partial charge in [0.15, 0.2) is 12.6 Å². The molecule has 4 saturated carbocycles. The maximum atomic E-state index is 12.6. The molecule has 0 unspecified atom stereocenters. The van der Waals surface area contributed by atoms with E-state index in [1.165, 1.54) is 12.3 Å². The van der Waals surface area contributed by atoms with E-state index < -0.39 is 102 Å². The van der Waals surface area contributed by atoms with E-state index in [1.54, 1.807) is 13.0 Å². The SMILES string of the molecule is C[C@@H]1O[C@@H](O[C@H]2CC[C@]3(CO)[C@H]4CC[C@]5(C)[C@@H](c6ccc(=O)oc6)CC[C@]5(O)[C@@H]4CC[C@]3(O)C2)[C@H](O)[C@H](O)[C@H]1O[C@@H]1O[C@H](CO)[C@@H](O)[C@H](O)[C@H]1O. The summed E-state index contributed by atoms with van der Waals surface area (Å²) < 4.78 is 28.5.